The van der Waals surface area contributed by atoms with Gasteiger partial charge in [-0.15, -0.1) is 4.28 Å². The van der Waals surface area contributed by atoms with Crippen molar-refractivity contribution < 1.29 is 27.5 Å². The number of hydrogen-bond acceptors (Lipinski definition) is 6. The number of piperidine rings is 1. The zero-order chi connectivity index (χ0) is 17.3. The topological polar surface area (TPSA) is 120 Å². The van der Waals surface area contributed by atoms with Gasteiger partial charge >= 0.3 is 17.4 Å². The number of amides is 3. The Labute approximate surface area is 142 Å². The molecular weight excluding hydrogens is 340 g/mol. The molecule has 10 nitrogen and oxygen atoms in total. The maximum absolute atomic E-state index is 12.3. The summed E-state index contributed by atoms with van der Waals surface area (Å²) in [5.74, 6) is 0.203. The zero-order valence-corrected chi connectivity index (χ0v) is 14.2. The van der Waals surface area contributed by atoms with E-state index in [0.717, 1.165) is 18.0 Å². The largest absolute Gasteiger partial charge is 0.346 e. The van der Waals surface area contributed by atoms with E-state index in [-0.39, 0.29) is 24.5 Å². The summed E-state index contributed by atoms with van der Waals surface area (Å²) in [5, 5.41) is 4.18. The van der Waals surface area contributed by atoms with Crippen molar-refractivity contribution >= 4 is 23.3 Å². The summed E-state index contributed by atoms with van der Waals surface area (Å²) in [7, 11) is 0. The Morgan fingerprint density at radius 3 is 2.96 bits per heavy atom. The molecule has 3 aliphatic rings. The molecular formula is C13H22N4O6S. The number of fused-ring (bicyclic) bond motifs is 2. The number of carbonyl (C=O) groups excluding carboxylic acids is 2. The molecule has 3 unspecified atom stereocenters. The monoisotopic (exact) mass is 362 g/mol. The molecule has 136 valence electrons. The van der Waals surface area contributed by atoms with Gasteiger partial charge in [-0.1, -0.05) is 6.92 Å². The van der Waals surface area contributed by atoms with Crippen molar-refractivity contribution in [2.75, 3.05) is 19.7 Å². The highest BCUT2D eigenvalue weighted by Gasteiger charge is 2.48. The Hall–Kier alpha value is -1.27. The minimum Gasteiger partial charge on any atom is -0.311 e. The molecule has 3 saturated heterocycles. The number of hydroxylamine groups is 3. The lowest BCUT2D eigenvalue weighted by Crippen LogP contribution is -2.50. The summed E-state index contributed by atoms with van der Waals surface area (Å²) in [4.78, 5) is 31.1. The van der Waals surface area contributed by atoms with Crippen molar-refractivity contribution in [2.24, 2.45) is 5.92 Å². The molecule has 5 atom stereocenters. The van der Waals surface area contributed by atoms with Crippen LogP contribution in [0.2, 0.25) is 0 Å². The van der Waals surface area contributed by atoms with E-state index in [9.17, 15) is 13.8 Å². The molecule has 0 aromatic carbocycles. The third kappa shape index (κ3) is 3.70. The lowest BCUT2D eigenvalue weighted by atomic mass is 10.0. The van der Waals surface area contributed by atoms with Gasteiger partial charge in [-0.3, -0.25) is 14.2 Å². The number of nitrogens with one attached hydrogen (secondary N) is 2. The minimum atomic E-state index is -2.57. The van der Waals surface area contributed by atoms with Gasteiger partial charge in [0.1, 0.15) is 6.04 Å². The molecule has 3 fully saturated rings. The van der Waals surface area contributed by atoms with Gasteiger partial charge in [0.2, 0.25) is 0 Å². The summed E-state index contributed by atoms with van der Waals surface area (Å²) in [6.07, 6.45) is 1.96. The summed E-state index contributed by atoms with van der Waals surface area (Å²) < 4.78 is 24.2. The first-order chi connectivity index (χ1) is 11.5. The number of hydrogen-bond donors (Lipinski definition) is 3. The molecule has 0 saturated carbocycles. The normalized spacial score (nSPS) is 33.8. The average Bonchev–Trinajstić information content (AvgIpc) is 3.05. The molecule has 3 heterocycles. The SMILES string of the molecule is C[C@@H]1CN[C@H](CONC(=O)C2CCC3CN2C(=O)N3OS(=O)O)C1. The first-order valence-corrected chi connectivity index (χ1v) is 9.03. The maximum Gasteiger partial charge on any atom is 0.346 e. The molecule has 0 radical (unpaired) electrons. The average molecular weight is 362 g/mol. The molecule has 3 N–H and O–H groups in total. The van der Waals surface area contributed by atoms with Crippen LogP contribution >= 0.6 is 0 Å². The molecule has 3 rings (SSSR count). The van der Waals surface area contributed by atoms with Gasteiger partial charge in [0, 0.05) is 12.6 Å². The Kier molecular flexibility index (Phi) is 5.35. The zero-order valence-electron chi connectivity index (χ0n) is 13.3. The highest BCUT2D eigenvalue weighted by Crippen LogP contribution is 2.30. The molecule has 3 aliphatic heterocycles. The Morgan fingerprint density at radius 1 is 1.50 bits per heavy atom. The van der Waals surface area contributed by atoms with E-state index in [1.165, 1.54) is 4.90 Å². The van der Waals surface area contributed by atoms with Crippen LogP contribution in [0.3, 0.4) is 0 Å². The van der Waals surface area contributed by atoms with Gasteiger partial charge < -0.3 is 10.2 Å². The van der Waals surface area contributed by atoms with Crippen LogP contribution in [0.25, 0.3) is 0 Å². The second-order valence-corrected chi connectivity index (χ2v) is 7.11. The third-order valence-electron chi connectivity index (χ3n) is 4.67. The van der Waals surface area contributed by atoms with Crippen LogP contribution in [-0.4, -0.2) is 68.5 Å². The molecule has 24 heavy (non-hydrogen) atoms. The van der Waals surface area contributed by atoms with E-state index in [4.69, 9.17) is 9.39 Å². The number of nitrogens with zero attached hydrogens (tertiary/aromatic N) is 2. The van der Waals surface area contributed by atoms with E-state index in [0.29, 0.717) is 25.4 Å². The van der Waals surface area contributed by atoms with E-state index >= 15 is 0 Å². The number of rotatable bonds is 6. The van der Waals surface area contributed by atoms with Crippen molar-refractivity contribution in [2.45, 2.75) is 44.3 Å². The van der Waals surface area contributed by atoms with Crippen LogP contribution in [0.1, 0.15) is 26.2 Å². The Balaban J connectivity index is 1.49. The van der Waals surface area contributed by atoms with Crippen molar-refractivity contribution in [1.82, 2.24) is 20.8 Å². The lowest BCUT2D eigenvalue weighted by molar-refractivity contribution is -0.139. The van der Waals surface area contributed by atoms with Crippen LogP contribution in [-0.2, 0) is 25.3 Å². The van der Waals surface area contributed by atoms with Crippen LogP contribution in [0, 0.1) is 5.92 Å². The summed E-state index contributed by atoms with van der Waals surface area (Å²) in [6, 6.07) is -1.34. The third-order valence-corrected chi connectivity index (χ3v) is 4.96. The van der Waals surface area contributed by atoms with E-state index < -0.39 is 23.4 Å². The molecule has 0 aliphatic carbocycles. The molecule has 2 bridgehead atoms. The smallest absolute Gasteiger partial charge is 0.311 e. The van der Waals surface area contributed by atoms with Crippen LogP contribution in [0.5, 0.6) is 0 Å². The molecule has 0 aromatic rings. The van der Waals surface area contributed by atoms with Crippen molar-refractivity contribution in [1.29, 1.82) is 0 Å². The Morgan fingerprint density at radius 2 is 2.29 bits per heavy atom. The highest BCUT2D eigenvalue weighted by atomic mass is 32.2. The number of carbonyl (C=O) groups is 2. The maximum atomic E-state index is 12.3. The van der Waals surface area contributed by atoms with Gasteiger partial charge in [-0.05, 0) is 31.7 Å². The van der Waals surface area contributed by atoms with E-state index in [1.54, 1.807) is 0 Å². The molecule has 0 spiro atoms. The van der Waals surface area contributed by atoms with Crippen molar-refractivity contribution in [3.8, 4) is 0 Å². The van der Waals surface area contributed by atoms with E-state index in [2.05, 4.69) is 22.0 Å². The minimum absolute atomic E-state index is 0.216. The van der Waals surface area contributed by atoms with Crippen molar-refractivity contribution in [3.63, 3.8) is 0 Å². The fraction of sp³-hybridized carbons (Fsp3) is 0.846. The quantitative estimate of drug-likeness (QED) is 0.425. The summed E-state index contributed by atoms with van der Waals surface area (Å²) in [5.41, 5.74) is 2.41. The summed E-state index contributed by atoms with van der Waals surface area (Å²) in [6.45, 7) is 3.75. The number of urea groups is 1. The van der Waals surface area contributed by atoms with Gasteiger partial charge in [0.05, 0.1) is 12.6 Å². The second kappa shape index (κ2) is 7.31. The van der Waals surface area contributed by atoms with Gasteiger partial charge in [-0.2, -0.15) is 9.27 Å². The predicted molar refractivity (Wildman–Crippen MR) is 82.3 cm³/mol. The molecule has 0 aromatic heterocycles. The van der Waals surface area contributed by atoms with Crippen LogP contribution in [0.15, 0.2) is 0 Å². The first-order valence-electron chi connectivity index (χ1n) is 8.00. The second-order valence-electron chi connectivity index (χ2n) is 6.52. The van der Waals surface area contributed by atoms with Gasteiger partial charge in [0.15, 0.2) is 0 Å². The molecule has 11 heteroatoms. The van der Waals surface area contributed by atoms with Gasteiger partial charge in [0.25, 0.3) is 5.91 Å². The first kappa shape index (κ1) is 17.5. The lowest BCUT2D eigenvalue weighted by Gasteiger charge is -2.29. The van der Waals surface area contributed by atoms with Crippen LogP contribution in [0.4, 0.5) is 4.79 Å². The summed E-state index contributed by atoms with van der Waals surface area (Å²) >= 11 is -2.57. The van der Waals surface area contributed by atoms with Gasteiger partial charge in [-0.25, -0.2) is 10.3 Å². The fourth-order valence-corrected chi connectivity index (χ4v) is 3.82. The van der Waals surface area contributed by atoms with Crippen molar-refractivity contribution in [3.05, 3.63) is 0 Å². The van der Waals surface area contributed by atoms with Crippen LogP contribution < -0.4 is 10.8 Å². The Bertz CT molecular complexity index is 535. The highest BCUT2D eigenvalue weighted by molar-refractivity contribution is 7.74. The fourth-order valence-electron chi connectivity index (χ4n) is 3.50. The standard InChI is InChI=1S/C13H22N4O6S/c1-8-4-9(14-5-8)7-22-15-12(18)11-3-2-10-6-16(11)13(19)17(10)23-24(20)21/h8-11,14H,2-7H2,1H3,(H,15,18)(H,20,21)/t8-,9-,10?,11?/m0/s1. The predicted octanol–water partition coefficient (Wildman–Crippen LogP) is -0.631. The molecule has 3 amide bonds. The van der Waals surface area contributed by atoms with E-state index in [1.807, 2.05) is 0 Å².